The highest BCUT2D eigenvalue weighted by Gasteiger charge is 2.48. The van der Waals surface area contributed by atoms with Crippen LogP contribution in [0.5, 0.6) is 0 Å². The van der Waals surface area contributed by atoms with Crippen molar-refractivity contribution in [3.63, 3.8) is 0 Å². The van der Waals surface area contributed by atoms with Crippen LogP contribution in [0.1, 0.15) is 17.2 Å². The molecular formula is C11H16Cl2N2. The lowest BCUT2D eigenvalue weighted by Crippen LogP contribution is -2.57. The first-order valence-electron chi connectivity index (χ1n) is 4.86. The summed E-state index contributed by atoms with van der Waals surface area (Å²) in [5.41, 5.74) is 9.42. The van der Waals surface area contributed by atoms with Gasteiger partial charge in [-0.15, -0.1) is 24.8 Å². The Balaban J connectivity index is 0.000000562. The molecule has 1 spiro atoms. The number of hydrogen-bond donors (Lipinski definition) is 2. The number of halogens is 2. The Kier molecular flexibility index (Phi) is 3.67. The lowest BCUT2D eigenvalue weighted by Gasteiger charge is -2.43. The molecule has 0 bridgehead atoms. The van der Waals surface area contributed by atoms with Gasteiger partial charge in [0.1, 0.15) is 0 Å². The van der Waals surface area contributed by atoms with Gasteiger partial charge in [0, 0.05) is 24.5 Å². The Hall–Kier alpha value is -0.280. The maximum Gasteiger partial charge on any atom is 0.0382 e. The number of rotatable bonds is 0. The molecule has 1 heterocycles. The zero-order chi connectivity index (χ0) is 8.89. The van der Waals surface area contributed by atoms with Gasteiger partial charge >= 0.3 is 0 Å². The molecule has 84 valence electrons. The summed E-state index contributed by atoms with van der Waals surface area (Å²) >= 11 is 0. The molecule has 0 amide bonds. The average Bonchev–Trinajstić information content (AvgIpc) is 2.40. The fourth-order valence-corrected chi connectivity index (χ4v) is 2.61. The third kappa shape index (κ3) is 1.66. The molecule has 1 saturated heterocycles. The number of hydrogen-bond acceptors (Lipinski definition) is 2. The molecule has 1 aromatic carbocycles. The fourth-order valence-electron chi connectivity index (χ4n) is 2.61. The van der Waals surface area contributed by atoms with Gasteiger partial charge in [-0.05, 0) is 17.5 Å². The van der Waals surface area contributed by atoms with E-state index in [0.29, 0.717) is 5.41 Å². The average molecular weight is 247 g/mol. The van der Waals surface area contributed by atoms with Gasteiger partial charge in [0.25, 0.3) is 0 Å². The maximum atomic E-state index is 6.25. The van der Waals surface area contributed by atoms with Crippen LogP contribution in [0.15, 0.2) is 24.3 Å². The molecule has 0 unspecified atom stereocenters. The number of nitrogens with two attached hydrogens (primary N) is 1. The molecule has 2 nitrogen and oxygen atoms in total. The molecule has 1 fully saturated rings. The van der Waals surface area contributed by atoms with Crippen LogP contribution in [0.25, 0.3) is 0 Å². The first kappa shape index (κ1) is 12.8. The van der Waals surface area contributed by atoms with Crippen molar-refractivity contribution in [3.05, 3.63) is 35.4 Å². The van der Waals surface area contributed by atoms with E-state index in [-0.39, 0.29) is 30.9 Å². The SMILES string of the molecule is Cl.Cl.N[C@@H]1c2ccccc2CC12CNC2. The summed E-state index contributed by atoms with van der Waals surface area (Å²) in [6.45, 7) is 2.17. The number of fused-ring (bicyclic) bond motifs is 1. The van der Waals surface area contributed by atoms with E-state index in [1.165, 1.54) is 11.1 Å². The monoisotopic (exact) mass is 246 g/mol. The first-order valence-corrected chi connectivity index (χ1v) is 4.86. The van der Waals surface area contributed by atoms with Gasteiger partial charge < -0.3 is 11.1 Å². The third-order valence-electron chi connectivity index (χ3n) is 3.55. The largest absolute Gasteiger partial charge is 0.323 e. The summed E-state index contributed by atoms with van der Waals surface area (Å²) in [6.07, 6.45) is 1.16. The van der Waals surface area contributed by atoms with Crippen LogP contribution in [0, 0.1) is 5.41 Å². The highest BCUT2D eigenvalue weighted by molar-refractivity contribution is 5.85. The number of benzene rings is 1. The Labute approximate surface area is 102 Å². The van der Waals surface area contributed by atoms with E-state index in [1.807, 2.05) is 0 Å². The first-order chi connectivity index (χ1) is 6.32. The van der Waals surface area contributed by atoms with E-state index in [4.69, 9.17) is 5.73 Å². The van der Waals surface area contributed by atoms with E-state index in [0.717, 1.165) is 19.5 Å². The van der Waals surface area contributed by atoms with Gasteiger partial charge in [-0.1, -0.05) is 24.3 Å². The normalized spacial score (nSPS) is 24.7. The second-order valence-corrected chi connectivity index (χ2v) is 4.32. The lowest BCUT2D eigenvalue weighted by atomic mass is 9.76. The van der Waals surface area contributed by atoms with Crippen molar-refractivity contribution < 1.29 is 0 Å². The molecule has 1 aromatic rings. The van der Waals surface area contributed by atoms with Crippen LogP contribution in [0.4, 0.5) is 0 Å². The van der Waals surface area contributed by atoms with Crippen molar-refractivity contribution >= 4 is 24.8 Å². The van der Waals surface area contributed by atoms with Crippen molar-refractivity contribution in [2.45, 2.75) is 12.5 Å². The van der Waals surface area contributed by atoms with Crippen LogP contribution < -0.4 is 11.1 Å². The molecule has 0 radical (unpaired) electrons. The third-order valence-corrected chi connectivity index (χ3v) is 3.55. The van der Waals surface area contributed by atoms with Crippen LogP contribution in [0.3, 0.4) is 0 Å². The topological polar surface area (TPSA) is 38.0 Å². The van der Waals surface area contributed by atoms with Crippen molar-refractivity contribution in [2.75, 3.05) is 13.1 Å². The second kappa shape index (κ2) is 4.30. The van der Waals surface area contributed by atoms with Crippen LogP contribution in [-0.2, 0) is 6.42 Å². The Bertz CT molecular complexity index is 350. The zero-order valence-electron chi connectivity index (χ0n) is 8.40. The molecule has 1 aliphatic carbocycles. The maximum absolute atomic E-state index is 6.25. The van der Waals surface area contributed by atoms with Crippen molar-refractivity contribution in [1.29, 1.82) is 0 Å². The van der Waals surface area contributed by atoms with Crippen LogP contribution >= 0.6 is 24.8 Å². The van der Waals surface area contributed by atoms with Crippen LogP contribution in [0.2, 0.25) is 0 Å². The number of nitrogens with one attached hydrogen (secondary N) is 1. The molecule has 1 aliphatic heterocycles. The van der Waals surface area contributed by atoms with Gasteiger partial charge in [0.05, 0.1) is 0 Å². The van der Waals surface area contributed by atoms with Gasteiger partial charge in [-0.3, -0.25) is 0 Å². The van der Waals surface area contributed by atoms with Crippen molar-refractivity contribution in [2.24, 2.45) is 11.1 Å². The Morgan fingerprint density at radius 2 is 1.87 bits per heavy atom. The molecule has 1 atom stereocenters. The van der Waals surface area contributed by atoms with Gasteiger partial charge in [-0.25, -0.2) is 0 Å². The van der Waals surface area contributed by atoms with Gasteiger partial charge in [0.15, 0.2) is 0 Å². The predicted molar refractivity (Wildman–Crippen MR) is 66.9 cm³/mol. The van der Waals surface area contributed by atoms with Gasteiger partial charge in [0.2, 0.25) is 0 Å². The predicted octanol–water partition coefficient (Wildman–Crippen LogP) is 1.68. The van der Waals surface area contributed by atoms with Crippen molar-refractivity contribution in [3.8, 4) is 0 Å². The van der Waals surface area contributed by atoms with E-state index in [2.05, 4.69) is 29.6 Å². The smallest absolute Gasteiger partial charge is 0.0382 e. The van der Waals surface area contributed by atoms with Crippen LogP contribution in [-0.4, -0.2) is 13.1 Å². The standard InChI is InChI=1S/C11H14N2.2ClH/c12-10-9-4-2-1-3-8(9)5-11(10)6-13-7-11;;/h1-4,10,13H,5-7,12H2;2*1H/t10-;;/m1../s1. The molecule has 2 aliphatic rings. The summed E-state index contributed by atoms with van der Waals surface area (Å²) in [5.74, 6) is 0. The fraction of sp³-hybridized carbons (Fsp3) is 0.455. The summed E-state index contributed by atoms with van der Waals surface area (Å²) in [5, 5.41) is 3.33. The lowest BCUT2D eigenvalue weighted by molar-refractivity contribution is 0.143. The molecule has 3 N–H and O–H groups in total. The minimum atomic E-state index is 0. The Morgan fingerprint density at radius 1 is 1.20 bits per heavy atom. The van der Waals surface area contributed by atoms with E-state index < -0.39 is 0 Å². The molecular weight excluding hydrogens is 231 g/mol. The molecule has 0 saturated carbocycles. The Morgan fingerprint density at radius 3 is 2.40 bits per heavy atom. The molecule has 0 aromatic heterocycles. The van der Waals surface area contributed by atoms with Gasteiger partial charge in [-0.2, -0.15) is 0 Å². The van der Waals surface area contributed by atoms with Crippen molar-refractivity contribution in [1.82, 2.24) is 5.32 Å². The summed E-state index contributed by atoms with van der Waals surface area (Å²) < 4.78 is 0. The highest BCUT2D eigenvalue weighted by atomic mass is 35.5. The van der Waals surface area contributed by atoms with E-state index in [9.17, 15) is 0 Å². The molecule has 4 heteroatoms. The highest BCUT2D eigenvalue weighted by Crippen LogP contribution is 2.46. The summed E-state index contributed by atoms with van der Waals surface area (Å²) in [6, 6.07) is 8.83. The summed E-state index contributed by atoms with van der Waals surface area (Å²) in [4.78, 5) is 0. The molecule has 15 heavy (non-hydrogen) atoms. The minimum Gasteiger partial charge on any atom is -0.323 e. The zero-order valence-corrected chi connectivity index (χ0v) is 10.0. The summed E-state index contributed by atoms with van der Waals surface area (Å²) in [7, 11) is 0. The van der Waals surface area contributed by atoms with E-state index in [1.54, 1.807) is 0 Å². The second-order valence-electron chi connectivity index (χ2n) is 4.32. The quantitative estimate of drug-likeness (QED) is 0.732. The van der Waals surface area contributed by atoms with E-state index >= 15 is 0 Å². The molecule has 3 rings (SSSR count). The minimum absolute atomic E-state index is 0.